The van der Waals surface area contributed by atoms with Gasteiger partial charge in [0.25, 0.3) is 0 Å². The molecule has 2 N–H and O–H groups in total. The lowest BCUT2D eigenvalue weighted by molar-refractivity contribution is 0.378. The predicted molar refractivity (Wildman–Crippen MR) is 77.0 cm³/mol. The lowest BCUT2D eigenvalue weighted by Gasteiger charge is -2.23. The summed E-state index contributed by atoms with van der Waals surface area (Å²) in [5, 5.41) is 6.94. The molecule has 0 amide bonds. The minimum absolute atomic E-state index is 0.302. The van der Waals surface area contributed by atoms with Crippen molar-refractivity contribution in [1.82, 2.24) is 10.6 Å². The van der Waals surface area contributed by atoms with E-state index in [9.17, 15) is 0 Å². The van der Waals surface area contributed by atoms with Gasteiger partial charge in [-0.25, -0.2) is 0 Å². The van der Waals surface area contributed by atoms with Crippen LogP contribution < -0.4 is 20.1 Å². The van der Waals surface area contributed by atoms with E-state index >= 15 is 0 Å². The molecule has 1 aliphatic rings. The zero-order chi connectivity index (χ0) is 13.7. The van der Waals surface area contributed by atoms with Crippen LogP contribution in [0.5, 0.6) is 11.5 Å². The van der Waals surface area contributed by atoms with E-state index in [0.717, 1.165) is 24.5 Å². The summed E-state index contributed by atoms with van der Waals surface area (Å²) in [6.07, 6.45) is 3.62. The monoisotopic (exact) mass is 264 g/mol. The normalized spacial score (nSPS) is 20.3. The van der Waals surface area contributed by atoms with Crippen LogP contribution in [0.15, 0.2) is 18.2 Å². The summed E-state index contributed by atoms with van der Waals surface area (Å²) in [5.74, 6) is 1.71. The molecule has 0 bridgehead atoms. The first-order chi connectivity index (χ1) is 9.28. The number of rotatable bonds is 6. The minimum Gasteiger partial charge on any atom is -0.497 e. The van der Waals surface area contributed by atoms with Gasteiger partial charge in [0.05, 0.1) is 14.2 Å². The van der Waals surface area contributed by atoms with Gasteiger partial charge in [0.1, 0.15) is 11.5 Å². The SMILES string of the molecule is CNC(CC1CCCN1)c1ccc(OC)cc1OC. The summed E-state index contributed by atoms with van der Waals surface area (Å²) in [5.41, 5.74) is 1.19. The van der Waals surface area contributed by atoms with E-state index < -0.39 is 0 Å². The van der Waals surface area contributed by atoms with Crippen molar-refractivity contribution in [2.75, 3.05) is 27.8 Å². The van der Waals surface area contributed by atoms with Crippen LogP contribution in [0.1, 0.15) is 30.9 Å². The van der Waals surface area contributed by atoms with Crippen LogP contribution in [0.3, 0.4) is 0 Å². The highest BCUT2D eigenvalue weighted by molar-refractivity contribution is 5.42. The first-order valence-corrected chi connectivity index (χ1v) is 6.91. The maximum Gasteiger partial charge on any atom is 0.127 e. The van der Waals surface area contributed by atoms with E-state index in [-0.39, 0.29) is 0 Å². The lowest BCUT2D eigenvalue weighted by Crippen LogP contribution is -2.28. The van der Waals surface area contributed by atoms with E-state index in [4.69, 9.17) is 9.47 Å². The molecule has 19 heavy (non-hydrogen) atoms. The van der Waals surface area contributed by atoms with Crippen molar-refractivity contribution in [3.05, 3.63) is 23.8 Å². The Balaban J connectivity index is 2.16. The Morgan fingerprint density at radius 2 is 2.21 bits per heavy atom. The standard InChI is InChI=1S/C15H24N2O2/c1-16-14(9-11-5-4-8-17-11)13-7-6-12(18-2)10-15(13)19-3/h6-7,10-11,14,16-17H,4-5,8-9H2,1-3H3. The first-order valence-electron chi connectivity index (χ1n) is 6.91. The molecule has 0 aromatic heterocycles. The van der Waals surface area contributed by atoms with Crippen LogP contribution >= 0.6 is 0 Å². The van der Waals surface area contributed by atoms with Gasteiger partial charge in [-0.05, 0) is 38.9 Å². The van der Waals surface area contributed by atoms with Crippen molar-refractivity contribution in [1.29, 1.82) is 0 Å². The Labute approximate surface area is 115 Å². The maximum absolute atomic E-state index is 5.49. The van der Waals surface area contributed by atoms with Crippen LogP contribution in [0.4, 0.5) is 0 Å². The van der Waals surface area contributed by atoms with Crippen LogP contribution in [0.2, 0.25) is 0 Å². The number of ether oxygens (including phenoxy) is 2. The summed E-state index contributed by atoms with van der Waals surface area (Å²) in [4.78, 5) is 0. The molecule has 0 saturated carbocycles. The zero-order valence-corrected chi connectivity index (χ0v) is 12.0. The third kappa shape index (κ3) is 3.39. The molecule has 1 heterocycles. The summed E-state index contributed by atoms with van der Waals surface area (Å²) in [6.45, 7) is 1.14. The Kier molecular flexibility index (Phi) is 5.05. The summed E-state index contributed by atoms with van der Waals surface area (Å²) < 4.78 is 10.7. The summed E-state index contributed by atoms with van der Waals surface area (Å²) in [6, 6.07) is 6.93. The first kappa shape index (κ1) is 14.2. The molecule has 1 aromatic carbocycles. The molecular formula is C15H24N2O2. The molecule has 4 heteroatoms. The second-order valence-electron chi connectivity index (χ2n) is 4.98. The second-order valence-corrected chi connectivity index (χ2v) is 4.98. The van der Waals surface area contributed by atoms with Gasteiger partial charge < -0.3 is 20.1 Å². The smallest absolute Gasteiger partial charge is 0.127 e. The van der Waals surface area contributed by atoms with Crippen molar-refractivity contribution in [3.63, 3.8) is 0 Å². The molecular weight excluding hydrogens is 240 g/mol. The van der Waals surface area contributed by atoms with Crippen LogP contribution in [0.25, 0.3) is 0 Å². The van der Waals surface area contributed by atoms with Crippen LogP contribution in [-0.2, 0) is 0 Å². The van der Waals surface area contributed by atoms with Gasteiger partial charge in [0.15, 0.2) is 0 Å². The fraction of sp³-hybridized carbons (Fsp3) is 0.600. The third-order valence-electron chi connectivity index (χ3n) is 3.85. The van der Waals surface area contributed by atoms with Gasteiger partial charge in [-0.15, -0.1) is 0 Å². The summed E-state index contributed by atoms with van der Waals surface area (Å²) >= 11 is 0. The predicted octanol–water partition coefficient (Wildman–Crippen LogP) is 2.11. The van der Waals surface area contributed by atoms with Crippen molar-refractivity contribution >= 4 is 0 Å². The Morgan fingerprint density at radius 3 is 2.79 bits per heavy atom. The highest BCUT2D eigenvalue weighted by Gasteiger charge is 2.22. The largest absolute Gasteiger partial charge is 0.497 e. The molecule has 2 atom stereocenters. The Bertz CT molecular complexity index is 403. The van der Waals surface area contributed by atoms with E-state index in [1.54, 1.807) is 14.2 Å². The average molecular weight is 264 g/mol. The van der Waals surface area contributed by atoms with Gasteiger partial charge >= 0.3 is 0 Å². The molecule has 1 aliphatic heterocycles. The number of hydrogen-bond donors (Lipinski definition) is 2. The molecule has 106 valence electrons. The quantitative estimate of drug-likeness (QED) is 0.826. The minimum atomic E-state index is 0.302. The molecule has 1 aromatic rings. The highest BCUT2D eigenvalue weighted by Crippen LogP contribution is 2.32. The van der Waals surface area contributed by atoms with E-state index in [1.165, 1.54) is 18.4 Å². The maximum atomic E-state index is 5.49. The van der Waals surface area contributed by atoms with Crippen LogP contribution in [-0.4, -0.2) is 33.9 Å². The lowest BCUT2D eigenvalue weighted by atomic mass is 9.97. The number of nitrogens with one attached hydrogen (secondary N) is 2. The highest BCUT2D eigenvalue weighted by atomic mass is 16.5. The second kappa shape index (κ2) is 6.78. The van der Waals surface area contributed by atoms with Crippen LogP contribution in [0, 0.1) is 0 Å². The van der Waals surface area contributed by atoms with E-state index in [1.807, 2.05) is 19.2 Å². The number of methoxy groups -OCH3 is 2. The molecule has 2 rings (SSSR count). The molecule has 1 fully saturated rings. The fourth-order valence-corrected chi connectivity index (χ4v) is 2.75. The van der Waals surface area contributed by atoms with Gasteiger partial charge in [-0.3, -0.25) is 0 Å². The van der Waals surface area contributed by atoms with Gasteiger partial charge in [-0.2, -0.15) is 0 Å². The van der Waals surface area contributed by atoms with E-state index in [2.05, 4.69) is 16.7 Å². The van der Waals surface area contributed by atoms with Crippen molar-refractivity contribution in [2.45, 2.75) is 31.3 Å². The molecule has 0 radical (unpaired) electrons. The molecule has 0 aliphatic carbocycles. The zero-order valence-electron chi connectivity index (χ0n) is 12.0. The molecule has 1 saturated heterocycles. The molecule has 0 spiro atoms. The third-order valence-corrected chi connectivity index (χ3v) is 3.85. The van der Waals surface area contributed by atoms with Gasteiger partial charge in [-0.1, -0.05) is 6.07 Å². The fourth-order valence-electron chi connectivity index (χ4n) is 2.75. The van der Waals surface area contributed by atoms with Crippen molar-refractivity contribution in [2.24, 2.45) is 0 Å². The van der Waals surface area contributed by atoms with Gasteiger partial charge in [0, 0.05) is 23.7 Å². The average Bonchev–Trinajstić information content (AvgIpc) is 2.97. The molecule has 2 unspecified atom stereocenters. The van der Waals surface area contributed by atoms with Gasteiger partial charge in [0.2, 0.25) is 0 Å². The Morgan fingerprint density at radius 1 is 1.37 bits per heavy atom. The van der Waals surface area contributed by atoms with Crippen molar-refractivity contribution in [3.8, 4) is 11.5 Å². The number of hydrogen-bond acceptors (Lipinski definition) is 4. The van der Waals surface area contributed by atoms with E-state index in [0.29, 0.717) is 12.1 Å². The van der Waals surface area contributed by atoms with Crippen molar-refractivity contribution < 1.29 is 9.47 Å². The molecule has 4 nitrogen and oxygen atoms in total. The topological polar surface area (TPSA) is 42.5 Å². The Hall–Kier alpha value is -1.26. The summed E-state index contributed by atoms with van der Waals surface area (Å²) in [7, 11) is 5.38. The number of benzene rings is 1.